The van der Waals surface area contributed by atoms with Crippen molar-refractivity contribution in [3.05, 3.63) is 46.5 Å². The van der Waals surface area contributed by atoms with E-state index in [1.807, 2.05) is 23.9 Å². The van der Waals surface area contributed by atoms with Crippen LogP contribution in [0.5, 0.6) is 5.75 Å². The number of rotatable bonds is 5. The van der Waals surface area contributed by atoms with Gasteiger partial charge in [0.15, 0.2) is 0 Å². The zero-order chi connectivity index (χ0) is 14.5. The number of imidazole rings is 1. The summed E-state index contributed by atoms with van der Waals surface area (Å²) in [6, 6.07) is 5.38. The van der Waals surface area contributed by atoms with E-state index < -0.39 is 0 Å². The Morgan fingerprint density at radius 3 is 2.95 bits per heavy atom. The van der Waals surface area contributed by atoms with Crippen LogP contribution < -0.4 is 10.1 Å². The van der Waals surface area contributed by atoms with E-state index in [1.54, 1.807) is 25.6 Å². The molecule has 0 bridgehead atoms. The highest BCUT2D eigenvalue weighted by Gasteiger charge is 2.14. The molecule has 0 fully saturated rings. The molecule has 0 aliphatic carbocycles. The summed E-state index contributed by atoms with van der Waals surface area (Å²) in [7, 11) is 3.46. The van der Waals surface area contributed by atoms with Crippen LogP contribution in [0.25, 0.3) is 0 Å². The van der Waals surface area contributed by atoms with Gasteiger partial charge < -0.3 is 14.6 Å². The normalized spacial score (nSPS) is 10.3. The minimum Gasteiger partial charge on any atom is -0.495 e. The highest BCUT2D eigenvalue weighted by Crippen LogP contribution is 2.28. The number of nitrogens with one attached hydrogen (secondary N) is 1. The van der Waals surface area contributed by atoms with Gasteiger partial charge in [0.25, 0.3) is 5.91 Å². The lowest BCUT2D eigenvalue weighted by molar-refractivity contribution is 0.0951. The highest BCUT2D eigenvalue weighted by molar-refractivity contribution is 9.10. The summed E-state index contributed by atoms with van der Waals surface area (Å²) in [5.41, 5.74) is 1.47. The van der Waals surface area contributed by atoms with Crippen LogP contribution >= 0.6 is 15.9 Å². The molecule has 1 amide bonds. The van der Waals surface area contributed by atoms with Gasteiger partial charge in [0.1, 0.15) is 5.75 Å². The number of benzene rings is 1. The van der Waals surface area contributed by atoms with Crippen LogP contribution in [0.15, 0.2) is 35.2 Å². The van der Waals surface area contributed by atoms with Gasteiger partial charge in [-0.05, 0) is 28.1 Å². The third kappa shape index (κ3) is 3.39. The summed E-state index contributed by atoms with van der Waals surface area (Å²) in [5, 5.41) is 2.87. The van der Waals surface area contributed by atoms with E-state index in [4.69, 9.17) is 4.74 Å². The van der Waals surface area contributed by atoms with Crippen molar-refractivity contribution in [2.45, 2.75) is 6.42 Å². The SMILES string of the molecule is COc1c(Br)cccc1C(=O)NCCc1cn(C)cn1. The smallest absolute Gasteiger partial charge is 0.255 e. The number of hydrogen-bond acceptors (Lipinski definition) is 3. The van der Waals surface area contributed by atoms with Crippen LogP contribution in [0.2, 0.25) is 0 Å². The summed E-state index contributed by atoms with van der Waals surface area (Å²) in [4.78, 5) is 16.3. The van der Waals surface area contributed by atoms with Crippen LogP contribution in [0.4, 0.5) is 0 Å². The molecular weight excluding hydrogens is 322 g/mol. The lowest BCUT2D eigenvalue weighted by Crippen LogP contribution is -2.26. The Bertz CT molecular complexity index is 610. The molecule has 2 aromatic rings. The van der Waals surface area contributed by atoms with Gasteiger partial charge in [-0.1, -0.05) is 6.07 Å². The predicted molar refractivity (Wildman–Crippen MR) is 79.9 cm³/mol. The van der Waals surface area contributed by atoms with E-state index in [9.17, 15) is 4.79 Å². The average Bonchev–Trinajstić information content (AvgIpc) is 2.84. The molecule has 1 heterocycles. The minimum absolute atomic E-state index is 0.154. The molecule has 0 unspecified atom stereocenters. The molecule has 1 aromatic carbocycles. The first-order valence-electron chi connectivity index (χ1n) is 6.19. The maximum atomic E-state index is 12.1. The molecule has 20 heavy (non-hydrogen) atoms. The Balaban J connectivity index is 1.97. The maximum absolute atomic E-state index is 12.1. The minimum atomic E-state index is -0.154. The monoisotopic (exact) mass is 337 g/mol. The van der Waals surface area contributed by atoms with Crippen molar-refractivity contribution < 1.29 is 9.53 Å². The van der Waals surface area contributed by atoms with Crippen LogP contribution in [-0.4, -0.2) is 29.1 Å². The number of ether oxygens (including phenoxy) is 1. The first kappa shape index (κ1) is 14.6. The van der Waals surface area contributed by atoms with Crippen molar-refractivity contribution in [1.29, 1.82) is 0 Å². The summed E-state index contributed by atoms with van der Waals surface area (Å²) >= 11 is 3.37. The average molecular weight is 338 g/mol. The first-order chi connectivity index (χ1) is 9.61. The first-order valence-corrected chi connectivity index (χ1v) is 6.98. The van der Waals surface area contributed by atoms with Crippen molar-refractivity contribution >= 4 is 21.8 Å². The van der Waals surface area contributed by atoms with Crippen molar-refractivity contribution in [3.8, 4) is 5.75 Å². The lowest BCUT2D eigenvalue weighted by atomic mass is 10.2. The molecule has 0 radical (unpaired) electrons. The van der Waals surface area contributed by atoms with Gasteiger partial charge in [-0.15, -0.1) is 0 Å². The molecule has 6 heteroatoms. The van der Waals surface area contributed by atoms with Gasteiger partial charge in [-0.3, -0.25) is 4.79 Å². The Kier molecular flexibility index (Phi) is 4.79. The van der Waals surface area contributed by atoms with Gasteiger partial charge >= 0.3 is 0 Å². The number of carbonyl (C=O) groups is 1. The molecule has 0 saturated heterocycles. The van der Waals surface area contributed by atoms with Crippen LogP contribution in [0.3, 0.4) is 0 Å². The third-order valence-electron chi connectivity index (χ3n) is 2.84. The number of amides is 1. The molecule has 0 saturated carbocycles. The number of aromatic nitrogens is 2. The summed E-state index contributed by atoms with van der Waals surface area (Å²) in [6.45, 7) is 0.533. The number of para-hydroxylation sites is 1. The Morgan fingerprint density at radius 1 is 1.50 bits per heavy atom. The number of aryl methyl sites for hydroxylation is 1. The van der Waals surface area contributed by atoms with Crippen LogP contribution in [0.1, 0.15) is 16.1 Å². The number of methoxy groups -OCH3 is 1. The van der Waals surface area contributed by atoms with Gasteiger partial charge in [-0.25, -0.2) is 4.98 Å². The molecule has 0 aliphatic rings. The number of carbonyl (C=O) groups excluding carboxylic acids is 1. The molecule has 5 nitrogen and oxygen atoms in total. The van der Waals surface area contributed by atoms with Crippen molar-refractivity contribution in [2.75, 3.05) is 13.7 Å². The quantitative estimate of drug-likeness (QED) is 0.909. The van der Waals surface area contributed by atoms with E-state index in [1.165, 1.54) is 0 Å². The number of halogens is 1. The maximum Gasteiger partial charge on any atom is 0.255 e. The summed E-state index contributed by atoms with van der Waals surface area (Å²) < 4.78 is 7.89. The zero-order valence-corrected chi connectivity index (χ0v) is 13.0. The Hall–Kier alpha value is -1.82. The largest absolute Gasteiger partial charge is 0.495 e. The number of nitrogens with zero attached hydrogens (tertiary/aromatic N) is 2. The fourth-order valence-corrected chi connectivity index (χ4v) is 2.42. The highest BCUT2D eigenvalue weighted by atomic mass is 79.9. The van der Waals surface area contributed by atoms with E-state index in [0.717, 1.165) is 10.2 Å². The second kappa shape index (κ2) is 6.56. The molecule has 0 aliphatic heterocycles. The van der Waals surface area contributed by atoms with Gasteiger partial charge in [0.2, 0.25) is 0 Å². The van der Waals surface area contributed by atoms with Crippen LogP contribution in [0, 0.1) is 0 Å². The zero-order valence-electron chi connectivity index (χ0n) is 11.4. The van der Waals surface area contributed by atoms with Crippen molar-refractivity contribution in [2.24, 2.45) is 7.05 Å². The van der Waals surface area contributed by atoms with E-state index in [-0.39, 0.29) is 5.91 Å². The van der Waals surface area contributed by atoms with Crippen molar-refractivity contribution in [1.82, 2.24) is 14.9 Å². The molecule has 1 N–H and O–H groups in total. The van der Waals surface area contributed by atoms with Crippen molar-refractivity contribution in [3.63, 3.8) is 0 Å². The standard InChI is InChI=1S/C14H16BrN3O2/c1-18-8-10(17-9-18)6-7-16-14(19)11-4-3-5-12(15)13(11)20-2/h3-5,8-9H,6-7H2,1-2H3,(H,16,19). The molecule has 2 rings (SSSR count). The predicted octanol–water partition coefficient (Wildman–Crippen LogP) is 2.16. The Morgan fingerprint density at radius 2 is 2.30 bits per heavy atom. The second-order valence-corrected chi connectivity index (χ2v) is 5.21. The lowest BCUT2D eigenvalue weighted by Gasteiger charge is -2.10. The fraction of sp³-hybridized carbons (Fsp3) is 0.286. The second-order valence-electron chi connectivity index (χ2n) is 4.36. The molecule has 0 spiro atoms. The van der Waals surface area contributed by atoms with E-state index in [0.29, 0.717) is 24.3 Å². The van der Waals surface area contributed by atoms with E-state index >= 15 is 0 Å². The molecule has 106 valence electrons. The number of hydrogen-bond donors (Lipinski definition) is 1. The molecule has 0 atom stereocenters. The van der Waals surface area contributed by atoms with Gasteiger partial charge in [0, 0.05) is 26.2 Å². The summed E-state index contributed by atoms with van der Waals surface area (Å²) in [6.07, 6.45) is 4.38. The topological polar surface area (TPSA) is 56.1 Å². The summed E-state index contributed by atoms with van der Waals surface area (Å²) in [5.74, 6) is 0.391. The van der Waals surface area contributed by atoms with Crippen LogP contribution in [-0.2, 0) is 13.5 Å². The molecular formula is C14H16BrN3O2. The molecule has 1 aromatic heterocycles. The third-order valence-corrected chi connectivity index (χ3v) is 3.47. The van der Waals surface area contributed by atoms with Gasteiger partial charge in [-0.2, -0.15) is 0 Å². The Labute approximate surface area is 126 Å². The van der Waals surface area contributed by atoms with E-state index in [2.05, 4.69) is 26.2 Å². The van der Waals surface area contributed by atoms with Gasteiger partial charge in [0.05, 0.1) is 29.2 Å². The fourth-order valence-electron chi connectivity index (χ4n) is 1.89.